The van der Waals surface area contributed by atoms with Crippen molar-refractivity contribution in [3.05, 3.63) is 42.0 Å². The van der Waals surface area contributed by atoms with Crippen LogP contribution in [0.15, 0.2) is 41.5 Å². The molecule has 0 unspecified atom stereocenters. The standard InChI is InChI=1S/C19H22N2O6/c1-23-14-6-5-7-15(10-14)27-12-18(22)21-20-11-13-8-16(24-2)19(26-4)17(9-13)25-3/h5-11H,12H2,1-4H3,(H,21,22)/b20-11+. The molecule has 2 aromatic carbocycles. The van der Waals surface area contributed by atoms with Crippen molar-refractivity contribution in [2.75, 3.05) is 35.0 Å². The number of benzene rings is 2. The van der Waals surface area contributed by atoms with Crippen LogP contribution in [0, 0.1) is 0 Å². The molecule has 8 heteroatoms. The SMILES string of the molecule is COc1cccc(OCC(=O)N/N=C/c2cc(OC)c(OC)c(OC)c2)c1. The number of hydrazone groups is 1. The van der Waals surface area contributed by atoms with Gasteiger partial charge < -0.3 is 23.7 Å². The van der Waals surface area contributed by atoms with Crippen LogP contribution in [0.1, 0.15) is 5.56 Å². The number of nitrogens with zero attached hydrogens (tertiary/aromatic N) is 1. The molecule has 27 heavy (non-hydrogen) atoms. The quantitative estimate of drug-likeness (QED) is 0.535. The fourth-order valence-corrected chi connectivity index (χ4v) is 2.23. The van der Waals surface area contributed by atoms with E-state index in [0.717, 1.165) is 0 Å². The third-order valence-corrected chi connectivity index (χ3v) is 3.50. The summed E-state index contributed by atoms with van der Waals surface area (Å²) in [6, 6.07) is 10.4. The highest BCUT2D eigenvalue weighted by Crippen LogP contribution is 2.37. The van der Waals surface area contributed by atoms with Crippen molar-refractivity contribution in [1.82, 2.24) is 5.43 Å². The Kier molecular flexibility index (Phi) is 7.30. The molecular weight excluding hydrogens is 352 g/mol. The molecule has 2 rings (SSSR count). The van der Waals surface area contributed by atoms with Gasteiger partial charge in [-0.15, -0.1) is 0 Å². The van der Waals surface area contributed by atoms with E-state index in [1.807, 2.05) is 0 Å². The number of methoxy groups -OCH3 is 4. The van der Waals surface area contributed by atoms with Crippen LogP contribution in [-0.2, 0) is 4.79 Å². The van der Waals surface area contributed by atoms with Gasteiger partial charge in [0, 0.05) is 11.6 Å². The lowest BCUT2D eigenvalue weighted by atomic mass is 10.2. The van der Waals surface area contributed by atoms with Gasteiger partial charge >= 0.3 is 0 Å². The van der Waals surface area contributed by atoms with E-state index < -0.39 is 5.91 Å². The number of carbonyl (C=O) groups is 1. The zero-order chi connectivity index (χ0) is 19.6. The van der Waals surface area contributed by atoms with E-state index in [0.29, 0.717) is 34.3 Å². The van der Waals surface area contributed by atoms with Crippen LogP contribution >= 0.6 is 0 Å². The van der Waals surface area contributed by atoms with E-state index in [2.05, 4.69) is 10.5 Å². The van der Waals surface area contributed by atoms with Crippen LogP contribution < -0.4 is 29.1 Å². The molecule has 0 radical (unpaired) electrons. The van der Waals surface area contributed by atoms with Crippen LogP contribution in [-0.4, -0.2) is 47.2 Å². The highest BCUT2D eigenvalue weighted by molar-refractivity contribution is 5.84. The van der Waals surface area contributed by atoms with Crippen LogP contribution in [0.2, 0.25) is 0 Å². The van der Waals surface area contributed by atoms with Gasteiger partial charge in [-0.1, -0.05) is 6.07 Å². The van der Waals surface area contributed by atoms with Crippen molar-refractivity contribution in [2.45, 2.75) is 0 Å². The summed E-state index contributed by atoms with van der Waals surface area (Å²) in [6.45, 7) is -0.181. The fraction of sp³-hybridized carbons (Fsp3) is 0.263. The number of ether oxygens (including phenoxy) is 5. The Morgan fingerprint density at radius 3 is 2.22 bits per heavy atom. The Labute approximate surface area is 157 Å². The minimum absolute atomic E-state index is 0.181. The highest BCUT2D eigenvalue weighted by atomic mass is 16.5. The molecule has 0 saturated heterocycles. The second-order valence-corrected chi connectivity index (χ2v) is 5.22. The molecule has 0 aliphatic rings. The van der Waals surface area contributed by atoms with Crippen LogP contribution in [0.3, 0.4) is 0 Å². The molecule has 0 bridgehead atoms. The molecule has 0 heterocycles. The number of hydrogen-bond donors (Lipinski definition) is 1. The highest BCUT2D eigenvalue weighted by Gasteiger charge is 2.12. The fourth-order valence-electron chi connectivity index (χ4n) is 2.23. The van der Waals surface area contributed by atoms with E-state index in [1.165, 1.54) is 27.5 Å². The summed E-state index contributed by atoms with van der Waals surface area (Å²) in [5, 5.41) is 3.91. The largest absolute Gasteiger partial charge is 0.497 e. The normalized spacial score (nSPS) is 10.4. The van der Waals surface area contributed by atoms with Crippen molar-refractivity contribution >= 4 is 12.1 Å². The van der Waals surface area contributed by atoms with E-state index >= 15 is 0 Å². The molecule has 8 nitrogen and oxygen atoms in total. The lowest BCUT2D eigenvalue weighted by molar-refractivity contribution is -0.123. The molecule has 0 fully saturated rings. The van der Waals surface area contributed by atoms with Gasteiger partial charge in [-0.2, -0.15) is 5.10 Å². The van der Waals surface area contributed by atoms with Gasteiger partial charge in [0.05, 0.1) is 34.7 Å². The van der Waals surface area contributed by atoms with Crippen LogP contribution in [0.4, 0.5) is 0 Å². The van der Waals surface area contributed by atoms with Gasteiger partial charge in [-0.05, 0) is 24.3 Å². The summed E-state index contributed by atoms with van der Waals surface area (Å²) >= 11 is 0. The lowest BCUT2D eigenvalue weighted by Gasteiger charge is -2.12. The topological polar surface area (TPSA) is 87.6 Å². The van der Waals surface area contributed by atoms with Gasteiger partial charge in [0.15, 0.2) is 18.1 Å². The molecule has 1 amide bonds. The third-order valence-electron chi connectivity index (χ3n) is 3.50. The number of rotatable bonds is 9. The zero-order valence-corrected chi connectivity index (χ0v) is 15.6. The Morgan fingerprint density at radius 1 is 0.963 bits per heavy atom. The number of carbonyl (C=O) groups excluding carboxylic acids is 1. The van der Waals surface area contributed by atoms with Crippen molar-refractivity contribution < 1.29 is 28.5 Å². The van der Waals surface area contributed by atoms with Gasteiger partial charge in [-0.25, -0.2) is 5.43 Å². The van der Waals surface area contributed by atoms with Crippen molar-refractivity contribution in [2.24, 2.45) is 5.10 Å². The Morgan fingerprint density at radius 2 is 1.63 bits per heavy atom. The first-order valence-electron chi connectivity index (χ1n) is 8.00. The Balaban J connectivity index is 1.95. The number of amides is 1. The first kappa shape index (κ1) is 19.9. The molecule has 0 spiro atoms. The van der Waals surface area contributed by atoms with Crippen molar-refractivity contribution in [1.29, 1.82) is 0 Å². The molecule has 2 aromatic rings. The molecule has 144 valence electrons. The third kappa shape index (κ3) is 5.53. The Hall–Kier alpha value is -3.42. The predicted molar refractivity (Wildman–Crippen MR) is 100 cm³/mol. The average molecular weight is 374 g/mol. The molecular formula is C19H22N2O6. The second-order valence-electron chi connectivity index (χ2n) is 5.22. The average Bonchev–Trinajstić information content (AvgIpc) is 2.71. The van der Waals surface area contributed by atoms with Crippen LogP contribution in [0.5, 0.6) is 28.7 Å². The van der Waals surface area contributed by atoms with Gasteiger partial charge in [0.2, 0.25) is 5.75 Å². The minimum Gasteiger partial charge on any atom is -0.497 e. The summed E-state index contributed by atoms with van der Waals surface area (Å²) in [4.78, 5) is 11.9. The minimum atomic E-state index is -0.401. The summed E-state index contributed by atoms with van der Waals surface area (Å²) < 4.78 is 26.3. The first-order valence-corrected chi connectivity index (χ1v) is 8.00. The van der Waals surface area contributed by atoms with E-state index in [9.17, 15) is 4.79 Å². The number of hydrogen-bond acceptors (Lipinski definition) is 7. The lowest BCUT2D eigenvalue weighted by Crippen LogP contribution is -2.24. The monoisotopic (exact) mass is 374 g/mol. The zero-order valence-electron chi connectivity index (χ0n) is 15.6. The summed E-state index contributed by atoms with van der Waals surface area (Å²) in [5.41, 5.74) is 3.06. The molecule has 1 N–H and O–H groups in total. The van der Waals surface area contributed by atoms with E-state index in [4.69, 9.17) is 23.7 Å². The maximum absolute atomic E-state index is 11.9. The van der Waals surface area contributed by atoms with E-state index in [-0.39, 0.29) is 6.61 Å². The molecule has 0 atom stereocenters. The molecule has 0 aliphatic heterocycles. The predicted octanol–water partition coefficient (Wildman–Crippen LogP) is 2.25. The smallest absolute Gasteiger partial charge is 0.277 e. The first-order chi connectivity index (χ1) is 13.1. The molecule has 0 aliphatic carbocycles. The van der Waals surface area contributed by atoms with E-state index in [1.54, 1.807) is 43.5 Å². The number of nitrogens with one attached hydrogen (secondary N) is 1. The Bertz CT molecular complexity index is 782. The van der Waals surface area contributed by atoms with Gasteiger partial charge in [0.1, 0.15) is 11.5 Å². The van der Waals surface area contributed by atoms with Gasteiger partial charge in [0.25, 0.3) is 5.91 Å². The maximum Gasteiger partial charge on any atom is 0.277 e. The maximum atomic E-state index is 11.9. The van der Waals surface area contributed by atoms with Crippen molar-refractivity contribution in [3.63, 3.8) is 0 Å². The van der Waals surface area contributed by atoms with Crippen molar-refractivity contribution in [3.8, 4) is 28.7 Å². The summed E-state index contributed by atoms with van der Waals surface area (Å²) in [6.07, 6.45) is 1.47. The molecule has 0 aromatic heterocycles. The summed E-state index contributed by atoms with van der Waals surface area (Å²) in [5.74, 6) is 2.23. The van der Waals surface area contributed by atoms with Crippen LogP contribution in [0.25, 0.3) is 0 Å². The van der Waals surface area contributed by atoms with Gasteiger partial charge in [-0.3, -0.25) is 4.79 Å². The summed E-state index contributed by atoms with van der Waals surface area (Å²) in [7, 11) is 6.13. The molecule has 0 saturated carbocycles. The second kappa shape index (κ2) is 9.91.